The summed E-state index contributed by atoms with van der Waals surface area (Å²) in [5.41, 5.74) is 1.62. The van der Waals surface area contributed by atoms with Crippen LogP contribution in [0.3, 0.4) is 0 Å². The summed E-state index contributed by atoms with van der Waals surface area (Å²) in [6.45, 7) is 7.56. The van der Waals surface area contributed by atoms with Crippen LogP contribution in [0, 0.1) is 5.92 Å². The Balaban J connectivity index is 1.73. The Morgan fingerprint density at radius 2 is 1.79 bits per heavy atom. The monoisotopic (exact) mass is 539 g/mol. The number of urea groups is 1. The smallest absolute Gasteiger partial charge is 0.407 e. The van der Waals surface area contributed by atoms with Crippen LogP contribution in [0.2, 0.25) is 0 Å². The number of hydrogen-bond acceptors (Lipinski definition) is 5. The van der Waals surface area contributed by atoms with Crippen LogP contribution in [0.4, 0.5) is 9.59 Å². The van der Waals surface area contributed by atoms with Crippen molar-refractivity contribution in [3.8, 4) is 11.5 Å². The van der Waals surface area contributed by atoms with Gasteiger partial charge in [-0.1, -0.05) is 63.2 Å². The van der Waals surface area contributed by atoms with Gasteiger partial charge in [-0.25, -0.2) is 9.59 Å². The second kappa shape index (κ2) is 14.4. The molecule has 9 nitrogen and oxygen atoms in total. The zero-order valence-corrected chi connectivity index (χ0v) is 23.2. The molecule has 212 valence electrons. The molecule has 0 saturated carbocycles. The molecule has 39 heavy (non-hydrogen) atoms. The van der Waals surface area contributed by atoms with E-state index in [2.05, 4.69) is 0 Å². The number of carbonyl (C=O) groups excluding carboxylic acids is 2. The number of benzene rings is 2. The Morgan fingerprint density at radius 1 is 1.05 bits per heavy atom. The van der Waals surface area contributed by atoms with Crippen molar-refractivity contribution in [3.05, 3.63) is 59.7 Å². The molecule has 1 fully saturated rings. The minimum Gasteiger partial charge on any atom is -0.504 e. The summed E-state index contributed by atoms with van der Waals surface area (Å²) in [7, 11) is 0. The van der Waals surface area contributed by atoms with Crippen molar-refractivity contribution in [3.63, 3.8) is 0 Å². The molecular formula is C30H41N3O6. The van der Waals surface area contributed by atoms with E-state index in [0.717, 1.165) is 10.5 Å². The summed E-state index contributed by atoms with van der Waals surface area (Å²) in [5.74, 6) is 0.213. The maximum absolute atomic E-state index is 13.7. The Hall–Kier alpha value is -3.75. The van der Waals surface area contributed by atoms with Gasteiger partial charge in [-0.2, -0.15) is 0 Å². The fourth-order valence-corrected chi connectivity index (χ4v) is 4.74. The number of likely N-dealkylation sites (tertiary alicyclic amines) is 1. The predicted octanol–water partition coefficient (Wildman–Crippen LogP) is 5.36. The minimum atomic E-state index is -1.14. The number of aromatic hydroxyl groups is 1. The summed E-state index contributed by atoms with van der Waals surface area (Å²) in [4.78, 5) is 42.9. The fourth-order valence-electron chi connectivity index (χ4n) is 4.74. The first-order valence-corrected chi connectivity index (χ1v) is 13.8. The molecule has 1 unspecified atom stereocenters. The molecule has 1 aliphatic rings. The Morgan fingerprint density at radius 3 is 2.46 bits per heavy atom. The third-order valence-corrected chi connectivity index (χ3v) is 6.95. The highest BCUT2D eigenvalue weighted by molar-refractivity contribution is 5.98. The van der Waals surface area contributed by atoms with Gasteiger partial charge in [0.15, 0.2) is 11.5 Å². The van der Waals surface area contributed by atoms with E-state index in [1.54, 1.807) is 23.1 Å². The first kappa shape index (κ1) is 29.8. The number of para-hydroxylation sites is 1. The molecule has 0 radical (unpaired) electrons. The molecule has 4 amide bonds. The molecule has 2 aromatic rings. The fraction of sp³-hybridized carbons (Fsp3) is 0.500. The standard InChI is InChI=1S/C30H41N3O6/c1-4-17-31(19-16-24-12-8-14-26(27(24)34)39-21-23-10-6-5-7-11-23)29(36)33(20-15-22(2)3)28(35)25-13-9-18-32(25)30(37)38/h5-8,10-12,14,22,25,34H,4,9,13,15-21H2,1-3H3,(H,37,38). The molecule has 2 N–H and O–H groups in total. The lowest BCUT2D eigenvalue weighted by Gasteiger charge is -2.33. The molecule has 1 saturated heterocycles. The third kappa shape index (κ3) is 8.12. The van der Waals surface area contributed by atoms with Crippen molar-refractivity contribution >= 4 is 18.0 Å². The van der Waals surface area contributed by atoms with Gasteiger partial charge < -0.3 is 19.8 Å². The molecule has 1 aliphatic heterocycles. The maximum atomic E-state index is 13.7. The van der Waals surface area contributed by atoms with Gasteiger partial charge in [0.1, 0.15) is 12.6 Å². The van der Waals surface area contributed by atoms with E-state index < -0.39 is 24.1 Å². The summed E-state index contributed by atoms with van der Waals surface area (Å²) in [6, 6.07) is 13.7. The molecule has 0 aromatic heterocycles. The average molecular weight is 540 g/mol. The summed E-state index contributed by atoms with van der Waals surface area (Å²) >= 11 is 0. The number of phenols is 1. The number of amides is 4. The van der Waals surface area contributed by atoms with Gasteiger partial charge in [-0.15, -0.1) is 0 Å². The van der Waals surface area contributed by atoms with Gasteiger partial charge in [-0.3, -0.25) is 14.6 Å². The van der Waals surface area contributed by atoms with Crippen LogP contribution in [-0.2, 0) is 17.8 Å². The summed E-state index contributed by atoms with van der Waals surface area (Å²) in [6.07, 6.45) is 1.55. The number of carbonyl (C=O) groups is 3. The van der Waals surface area contributed by atoms with Crippen LogP contribution in [0.15, 0.2) is 48.5 Å². The highest BCUT2D eigenvalue weighted by Gasteiger charge is 2.39. The first-order valence-electron chi connectivity index (χ1n) is 13.8. The van der Waals surface area contributed by atoms with Gasteiger partial charge >= 0.3 is 12.1 Å². The van der Waals surface area contributed by atoms with Crippen LogP contribution in [0.25, 0.3) is 0 Å². The van der Waals surface area contributed by atoms with Crippen LogP contribution in [0.5, 0.6) is 11.5 Å². The lowest BCUT2D eigenvalue weighted by Crippen LogP contribution is -2.54. The number of imide groups is 1. The summed E-state index contributed by atoms with van der Waals surface area (Å²) in [5, 5.41) is 20.4. The van der Waals surface area contributed by atoms with E-state index in [9.17, 15) is 24.6 Å². The zero-order chi connectivity index (χ0) is 28.4. The zero-order valence-electron chi connectivity index (χ0n) is 23.2. The van der Waals surface area contributed by atoms with Gasteiger partial charge in [-0.05, 0) is 55.2 Å². The van der Waals surface area contributed by atoms with Gasteiger partial charge in [0.05, 0.1) is 0 Å². The lowest BCUT2D eigenvalue weighted by atomic mass is 10.1. The first-order chi connectivity index (χ1) is 18.7. The Bertz CT molecular complexity index is 1110. The molecule has 2 aromatic carbocycles. The Kier molecular flexibility index (Phi) is 11.0. The number of hydrogen-bond donors (Lipinski definition) is 2. The van der Waals surface area contributed by atoms with E-state index in [-0.39, 0.29) is 18.2 Å². The maximum Gasteiger partial charge on any atom is 0.407 e. The highest BCUT2D eigenvalue weighted by atomic mass is 16.5. The molecule has 0 spiro atoms. The SMILES string of the molecule is CCCN(CCc1cccc(OCc2ccccc2)c1O)C(=O)N(CCC(C)C)C(=O)C1CCCN1C(=O)O. The molecule has 9 heteroatoms. The second-order valence-electron chi connectivity index (χ2n) is 10.4. The van der Waals surface area contributed by atoms with Crippen molar-refractivity contribution in [2.45, 2.75) is 65.5 Å². The highest BCUT2D eigenvalue weighted by Crippen LogP contribution is 2.31. The quantitative estimate of drug-likeness (QED) is 0.376. The molecular weight excluding hydrogens is 498 g/mol. The van der Waals surface area contributed by atoms with E-state index in [1.807, 2.05) is 51.1 Å². The van der Waals surface area contributed by atoms with Crippen molar-refractivity contribution in [1.82, 2.24) is 14.7 Å². The molecule has 1 heterocycles. The van der Waals surface area contributed by atoms with Crippen molar-refractivity contribution in [2.75, 3.05) is 26.2 Å². The second-order valence-corrected chi connectivity index (χ2v) is 10.4. The van der Waals surface area contributed by atoms with Crippen LogP contribution in [0.1, 0.15) is 57.6 Å². The minimum absolute atomic E-state index is 0.0353. The molecule has 3 rings (SSSR count). The van der Waals surface area contributed by atoms with Crippen molar-refractivity contribution in [1.29, 1.82) is 0 Å². The predicted molar refractivity (Wildman–Crippen MR) is 149 cm³/mol. The molecule has 0 aliphatic carbocycles. The van der Waals surface area contributed by atoms with Crippen LogP contribution < -0.4 is 4.74 Å². The van der Waals surface area contributed by atoms with Crippen LogP contribution >= 0.6 is 0 Å². The van der Waals surface area contributed by atoms with E-state index in [4.69, 9.17) is 4.74 Å². The third-order valence-electron chi connectivity index (χ3n) is 6.95. The van der Waals surface area contributed by atoms with Gasteiger partial charge in [0.2, 0.25) is 0 Å². The number of rotatable bonds is 12. The number of ether oxygens (including phenoxy) is 1. The van der Waals surface area contributed by atoms with Crippen molar-refractivity contribution in [2.24, 2.45) is 5.92 Å². The lowest BCUT2D eigenvalue weighted by molar-refractivity contribution is -0.133. The number of nitrogens with zero attached hydrogens (tertiary/aromatic N) is 3. The van der Waals surface area contributed by atoms with Gasteiger partial charge in [0, 0.05) is 26.2 Å². The Labute approximate surface area is 231 Å². The number of carboxylic acid groups (broad SMARTS) is 1. The van der Waals surface area contributed by atoms with Crippen LogP contribution in [-0.4, -0.2) is 75.2 Å². The molecule has 0 bridgehead atoms. The number of phenolic OH excluding ortho intramolecular Hbond substituents is 1. The van der Waals surface area contributed by atoms with E-state index >= 15 is 0 Å². The van der Waals surface area contributed by atoms with E-state index in [0.29, 0.717) is 69.7 Å². The van der Waals surface area contributed by atoms with Crippen molar-refractivity contribution < 1.29 is 29.3 Å². The molecule has 1 atom stereocenters. The van der Waals surface area contributed by atoms with Gasteiger partial charge in [0.25, 0.3) is 5.91 Å². The van der Waals surface area contributed by atoms with E-state index in [1.165, 1.54) is 4.90 Å². The largest absolute Gasteiger partial charge is 0.504 e. The topological polar surface area (TPSA) is 111 Å². The summed E-state index contributed by atoms with van der Waals surface area (Å²) < 4.78 is 5.84. The normalized spacial score (nSPS) is 14.9. The average Bonchev–Trinajstić information content (AvgIpc) is 3.42.